The summed E-state index contributed by atoms with van der Waals surface area (Å²) in [6, 6.07) is 12.8. The Balaban J connectivity index is 1.40. The van der Waals surface area contributed by atoms with Crippen molar-refractivity contribution in [1.82, 2.24) is 4.90 Å². The van der Waals surface area contributed by atoms with E-state index < -0.39 is 0 Å². The van der Waals surface area contributed by atoms with Gasteiger partial charge in [0.1, 0.15) is 6.61 Å². The van der Waals surface area contributed by atoms with Crippen LogP contribution >= 0.6 is 27.7 Å². The van der Waals surface area contributed by atoms with Crippen LogP contribution in [-0.4, -0.2) is 35.2 Å². The van der Waals surface area contributed by atoms with Gasteiger partial charge in [0.05, 0.1) is 22.5 Å². The third kappa shape index (κ3) is 6.48. The Morgan fingerprint density at radius 3 is 2.50 bits per heavy atom. The number of carbonyl (C=O) groups is 1. The number of aliphatic imine (C=N–C) groups is 1. The standard InChI is InChI=1S/C31H37BrN2O3S/c1-21-10-9-11-22(16-21)20-37-29-26(32)17-23(18-27(29)36-2)19-28-30(35)34(25-14-7-4-8-15-25)31(38-28)33-24-12-5-3-6-13-24/h9-11,16-19,24-25H,3-8,12-15,20H2,1-2H3. The van der Waals surface area contributed by atoms with E-state index in [4.69, 9.17) is 14.5 Å². The molecule has 0 atom stereocenters. The predicted octanol–water partition coefficient (Wildman–Crippen LogP) is 8.28. The van der Waals surface area contributed by atoms with Crippen molar-refractivity contribution >= 4 is 44.8 Å². The summed E-state index contributed by atoms with van der Waals surface area (Å²) >= 11 is 5.22. The molecule has 1 saturated heterocycles. The van der Waals surface area contributed by atoms with Gasteiger partial charge in [-0.05, 0) is 89.6 Å². The van der Waals surface area contributed by atoms with E-state index in [0.29, 0.717) is 24.1 Å². The number of amides is 1. The maximum Gasteiger partial charge on any atom is 0.266 e. The summed E-state index contributed by atoms with van der Waals surface area (Å²) in [7, 11) is 1.65. The van der Waals surface area contributed by atoms with Crippen LogP contribution in [0.2, 0.25) is 0 Å². The first-order valence-corrected chi connectivity index (χ1v) is 15.5. The molecule has 0 aromatic heterocycles. The second kappa shape index (κ2) is 12.7. The van der Waals surface area contributed by atoms with Crippen LogP contribution in [0.4, 0.5) is 0 Å². The molecule has 0 spiro atoms. The fourth-order valence-corrected chi connectivity index (χ4v) is 7.36. The van der Waals surface area contributed by atoms with Gasteiger partial charge in [-0.3, -0.25) is 14.7 Å². The highest BCUT2D eigenvalue weighted by Gasteiger charge is 2.39. The van der Waals surface area contributed by atoms with E-state index in [1.165, 1.54) is 44.1 Å². The number of halogens is 1. The van der Waals surface area contributed by atoms with Gasteiger partial charge in [-0.1, -0.05) is 68.4 Å². The average molecular weight is 598 g/mol. The van der Waals surface area contributed by atoms with E-state index in [9.17, 15) is 4.79 Å². The van der Waals surface area contributed by atoms with Gasteiger partial charge in [0.15, 0.2) is 16.7 Å². The summed E-state index contributed by atoms with van der Waals surface area (Å²) in [5.74, 6) is 1.38. The molecule has 0 bridgehead atoms. The molecular weight excluding hydrogens is 560 g/mol. The number of hydrogen-bond acceptors (Lipinski definition) is 5. The fraction of sp³-hybridized carbons (Fsp3) is 0.484. The molecular formula is C31H37BrN2O3S. The number of rotatable bonds is 7. The molecule has 38 heavy (non-hydrogen) atoms. The fourth-order valence-electron chi connectivity index (χ4n) is 5.68. The van der Waals surface area contributed by atoms with Gasteiger partial charge in [-0.25, -0.2) is 0 Å². The molecule has 3 aliphatic rings. The lowest BCUT2D eigenvalue weighted by atomic mass is 9.94. The summed E-state index contributed by atoms with van der Waals surface area (Å²) in [4.78, 5) is 21.6. The number of ether oxygens (including phenoxy) is 2. The molecule has 2 aromatic rings. The van der Waals surface area contributed by atoms with E-state index >= 15 is 0 Å². The average Bonchev–Trinajstić information content (AvgIpc) is 3.22. The zero-order valence-corrected chi connectivity index (χ0v) is 24.8. The number of amidine groups is 1. The number of nitrogens with zero attached hydrogens (tertiary/aromatic N) is 2. The van der Waals surface area contributed by atoms with Crippen LogP contribution in [0.5, 0.6) is 11.5 Å². The van der Waals surface area contributed by atoms with Crippen molar-refractivity contribution in [3.63, 3.8) is 0 Å². The van der Waals surface area contributed by atoms with Crippen molar-refractivity contribution in [1.29, 1.82) is 0 Å². The molecule has 0 N–H and O–H groups in total. The van der Waals surface area contributed by atoms with Crippen molar-refractivity contribution in [2.45, 2.75) is 89.8 Å². The number of hydrogen-bond donors (Lipinski definition) is 0. The molecule has 5 rings (SSSR count). The quantitative estimate of drug-likeness (QED) is 0.302. The highest BCUT2D eigenvalue weighted by Crippen LogP contribution is 2.41. The number of thioether (sulfide) groups is 1. The lowest BCUT2D eigenvalue weighted by Crippen LogP contribution is -2.41. The first kappa shape index (κ1) is 27.3. The van der Waals surface area contributed by atoms with Crippen LogP contribution < -0.4 is 9.47 Å². The maximum atomic E-state index is 13.7. The third-order valence-corrected chi connectivity index (χ3v) is 9.25. The summed E-state index contributed by atoms with van der Waals surface area (Å²) in [6.07, 6.45) is 13.8. The third-order valence-electron chi connectivity index (χ3n) is 7.66. The van der Waals surface area contributed by atoms with Crippen LogP contribution in [-0.2, 0) is 11.4 Å². The zero-order chi connectivity index (χ0) is 26.5. The molecule has 0 radical (unpaired) electrons. The Morgan fingerprint density at radius 1 is 1.05 bits per heavy atom. The summed E-state index contributed by atoms with van der Waals surface area (Å²) in [6.45, 7) is 2.52. The van der Waals surface area contributed by atoms with E-state index in [1.54, 1.807) is 18.9 Å². The SMILES string of the molecule is COc1cc(C=C2SC(=NC3CCCCC3)N(C3CCCCC3)C2=O)cc(Br)c1OCc1cccc(C)c1. The van der Waals surface area contributed by atoms with E-state index in [0.717, 1.165) is 51.4 Å². The van der Waals surface area contributed by atoms with Crippen molar-refractivity contribution in [3.8, 4) is 11.5 Å². The molecule has 1 heterocycles. The Kier molecular flexibility index (Phi) is 9.16. The van der Waals surface area contributed by atoms with Crippen molar-refractivity contribution in [2.24, 2.45) is 4.99 Å². The molecule has 202 valence electrons. The summed E-state index contributed by atoms with van der Waals surface area (Å²) < 4.78 is 12.6. The van der Waals surface area contributed by atoms with E-state index in [1.807, 2.05) is 29.2 Å². The molecule has 1 aliphatic heterocycles. The summed E-state index contributed by atoms with van der Waals surface area (Å²) in [5.41, 5.74) is 3.20. The molecule has 0 unspecified atom stereocenters. The Hall–Kier alpha value is -2.25. The molecule has 2 aliphatic carbocycles. The Bertz CT molecular complexity index is 1220. The van der Waals surface area contributed by atoms with E-state index in [2.05, 4.69) is 41.1 Å². The normalized spacial score (nSPS) is 21.4. The van der Waals surface area contributed by atoms with Crippen molar-refractivity contribution < 1.29 is 14.3 Å². The minimum absolute atomic E-state index is 0.0892. The maximum absolute atomic E-state index is 13.7. The highest BCUT2D eigenvalue weighted by atomic mass is 79.9. The molecule has 5 nitrogen and oxygen atoms in total. The predicted molar refractivity (Wildman–Crippen MR) is 160 cm³/mol. The van der Waals surface area contributed by atoms with Crippen molar-refractivity contribution in [2.75, 3.05) is 7.11 Å². The molecule has 2 saturated carbocycles. The van der Waals surface area contributed by atoms with Gasteiger partial charge < -0.3 is 9.47 Å². The van der Waals surface area contributed by atoms with E-state index in [-0.39, 0.29) is 11.9 Å². The van der Waals surface area contributed by atoms with Crippen LogP contribution in [0.1, 0.15) is 80.9 Å². The number of benzene rings is 2. The number of carbonyl (C=O) groups excluding carboxylic acids is 1. The Labute approximate surface area is 239 Å². The zero-order valence-electron chi connectivity index (χ0n) is 22.4. The van der Waals surface area contributed by atoms with Gasteiger partial charge in [-0.2, -0.15) is 0 Å². The van der Waals surface area contributed by atoms with Crippen LogP contribution in [0.3, 0.4) is 0 Å². The highest BCUT2D eigenvalue weighted by molar-refractivity contribution is 9.10. The van der Waals surface area contributed by atoms with Gasteiger partial charge in [0.2, 0.25) is 0 Å². The smallest absolute Gasteiger partial charge is 0.266 e. The van der Waals surface area contributed by atoms with Crippen LogP contribution in [0.15, 0.2) is 50.8 Å². The topological polar surface area (TPSA) is 51.1 Å². The van der Waals surface area contributed by atoms with Crippen LogP contribution in [0, 0.1) is 6.92 Å². The van der Waals surface area contributed by atoms with Gasteiger partial charge >= 0.3 is 0 Å². The second-order valence-corrected chi connectivity index (χ2v) is 12.5. The lowest BCUT2D eigenvalue weighted by Gasteiger charge is -2.31. The molecule has 1 amide bonds. The molecule has 3 fully saturated rings. The van der Waals surface area contributed by atoms with Crippen molar-refractivity contribution in [3.05, 3.63) is 62.5 Å². The Morgan fingerprint density at radius 2 is 1.79 bits per heavy atom. The van der Waals surface area contributed by atoms with Gasteiger partial charge in [0.25, 0.3) is 5.91 Å². The second-order valence-electron chi connectivity index (χ2n) is 10.6. The minimum atomic E-state index is 0.0892. The van der Waals surface area contributed by atoms with Gasteiger partial charge in [-0.15, -0.1) is 0 Å². The molecule has 2 aromatic carbocycles. The number of aryl methyl sites for hydroxylation is 1. The lowest BCUT2D eigenvalue weighted by molar-refractivity contribution is -0.124. The first-order chi connectivity index (χ1) is 18.5. The summed E-state index contributed by atoms with van der Waals surface area (Å²) in [5, 5.41) is 0.907. The minimum Gasteiger partial charge on any atom is -0.493 e. The number of methoxy groups -OCH3 is 1. The monoisotopic (exact) mass is 596 g/mol. The molecule has 7 heteroatoms. The first-order valence-electron chi connectivity index (χ1n) is 13.9. The van der Waals surface area contributed by atoms with Crippen LogP contribution in [0.25, 0.3) is 6.08 Å². The largest absolute Gasteiger partial charge is 0.493 e. The van der Waals surface area contributed by atoms with Gasteiger partial charge in [0, 0.05) is 6.04 Å².